The van der Waals surface area contributed by atoms with Gasteiger partial charge in [-0.1, -0.05) is 12.1 Å². The van der Waals surface area contributed by atoms with Crippen LogP contribution in [-0.4, -0.2) is 41.4 Å². The van der Waals surface area contributed by atoms with Crippen molar-refractivity contribution in [2.75, 3.05) is 25.4 Å². The fraction of sp³-hybridized carbons (Fsp3) is 0.533. The molecule has 0 bridgehead atoms. The Hall–Kier alpha value is -1.55. The first kappa shape index (κ1) is 12.5. The van der Waals surface area contributed by atoms with E-state index < -0.39 is 0 Å². The number of piperazine rings is 1. The molecular formula is C15H21N3O. The molecule has 2 saturated heterocycles. The summed E-state index contributed by atoms with van der Waals surface area (Å²) in [4.78, 5) is 16.2. The van der Waals surface area contributed by atoms with Crippen LogP contribution >= 0.6 is 0 Å². The SMILES string of the molecule is CC(c1ccc(N)cc1)N1CCN2C(=O)CCC2C1. The highest BCUT2D eigenvalue weighted by Crippen LogP contribution is 2.28. The van der Waals surface area contributed by atoms with Crippen LogP contribution in [0.3, 0.4) is 0 Å². The molecule has 0 radical (unpaired) electrons. The first-order valence-electron chi connectivity index (χ1n) is 7.04. The van der Waals surface area contributed by atoms with Gasteiger partial charge >= 0.3 is 0 Å². The molecule has 2 aliphatic rings. The van der Waals surface area contributed by atoms with Gasteiger partial charge in [0, 0.05) is 43.8 Å². The van der Waals surface area contributed by atoms with Gasteiger partial charge in [0.05, 0.1) is 0 Å². The van der Waals surface area contributed by atoms with Crippen molar-refractivity contribution in [2.45, 2.75) is 31.8 Å². The van der Waals surface area contributed by atoms with Crippen LogP contribution in [0, 0.1) is 0 Å². The average molecular weight is 259 g/mol. The summed E-state index contributed by atoms with van der Waals surface area (Å²) in [7, 11) is 0. The van der Waals surface area contributed by atoms with E-state index in [0.717, 1.165) is 38.2 Å². The molecule has 102 valence electrons. The maximum Gasteiger partial charge on any atom is 0.222 e. The second kappa shape index (κ2) is 4.85. The Morgan fingerprint density at radius 3 is 2.74 bits per heavy atom. The number of hydrogen-bond acceptors (Lipinski definition) is 3. The Labute approximate surface area is 114 Å². The summed E-state index contributed by atoms with van der Waals surface area (Å²) >= 11 is 0. The van der Waals surface area contributed by atoms with Gasteiger partial charge in [-0.05, 0) is 31.0 Å². The Morgan fingerprint density at radius 2 is 2.00 bits per heavy atom. The van der Waals surface area contributed by atoms with E-state index in [4.69, 9.17) is 5.73 Å². The first-order chi connectivity index (χ1) is 9.15. The zero-order valence-corrected chi connectivity index (χ0v) is 11.4. The molecule has 2 unspecified atom stereocenters. The Kier molecular flexibility index (Phi) is 3.19. The third kappa shape index (κ3) is 2.32. The lowest BCUT2D eigenvalue weighted by Gasteiger charge is -2.40. The molecule has 2 heterocycles. The fourth-order valence-electron chi connectivity index (χ4n) is 3.23. The molecule has 4 nitrogen and oxygen atoms in total. The largest absolute Gasteiger partial charge is 0.399 e. The number of nitrogens with two attached hydrogens (primary N) is 1. The van der Waals surface area contributed by atoms with Gasteiger partial charge in [-0.2, -0.15) is 0 Å². The van der Waals surface area contributed by atoms with Gasteiger partial charge in [-0.15, -0.1) is 0 Å². The van der Waals surface area contributed by atoms with Crippen molar-refractivity contribution in [3.05, 3.63) is 29.8 Å². The molecule has 3 rings (SSSR count). The highest BCUT2D eigenvalue weighted by molar-refractivity contribution is 5.78. The molecule has 4 heteroatoms. The van der Waals surface area contributed by atoms with Crippen LogP contribution in [0.2, 0.25) is 0 Å². The standard InChI is InChI=1S/C15H21N3O/c1-11(12-2-4-13(16)5-3-12)17-8-9-18-14(10-17)6-7-15(18)19/h2-5,11,14H,6-10,16H2,1H3. The smallest absolute Gasteiger partial charge is 0.222 e. The number of anilines is 1. The quantitative estimate of drug-likeness (QED) is 0.821. The van der Waals surface area contributed by atoms with E-state index in [9.17, 15) is 4.79 Å². The zero-order valence-electron chi connectivity index (χ0n) is 11.4. The van der Waals surface area contributed by atoms with Gasteiger partial charge in [0.15, 0.2) is 0 Å². The summed E-state index contributed by atoms with van der Waals surface area (Å²) in [5, 5.41) is 0. The summed E-state index contributed by atoms with van der Waals surface area (Å²) in [6.45, 7) is 5.08. The number of hydrogen-bond donors (Lipinski definition) is 1. The Bertz CT molecular complexity index is 471. The van der Waals surface area contributed by atoms with Crippen LogP contribution in [0.5, 0.6) is 0 Å². The van der Waals surface area contributed by atoms with Crippen LogP contribution in [-0.2, 0) is 4.79 Å². The third-order valence-electron chi connectivity index (χ3n) is 4.49. The van der Waals surface area contributed by atoms with Crippen molar-refractivity contribution >= 4 is 11.6 Å². The number of carbonyl (C=O) groups is 1. The summed E-state index contributed by atoms with van der Waals surface area (Å²) < 4.78 is 0. The van der Waals surface area contributed by atoms with Crippen LogP contribution in [0.15, 0.2) is 24.3 Å². The van der Waals surface area contributed by atoms with Crippen LogP contribution in [0.4, 0.5) is 5.69 Å². The van der Waals surface area contributed by atoms with E-state index >= 15 is 0 Å². The monoisotopic (exact) mass is 259 g/mol. The average Bonchev–Trinajstić information content (AvgIpc) is 2.80. The molecule has 0 aromatic heterocycles. The van der Waals surface area contributed by atoms with Crippen molar-refractivity contribution in [1.29, 1.82) is 0 Å². The number of benzene rings is 1. The molecular weight excluding hydrogens is 238 g/mol. The van der Waals surface area contributed by atoms with E-state index in [0.29, 0.717) is 18.0 Å². The minimum absolute atomic E-state index is 0.338. The molecule has 1 amide bonds. The Balaban J connectivity index is 1.70. The van der Waals surface area contributed by atoms with Crippen LogP contribution in [0.1, 0.15) is 31.4 Å². The summed E-state index contributed by atoms with van der Waals surface area (Å²) in [5.74, 6) is 0.338. The fourth-order valence-corrected chi connectivity index (χ4v) is 3.23. The first-order valence-corrected chi connectivity index (χ1v) is 7.04. The topological polar surface area (TPSA) is 49.6 Å². The van der Waals surface area contributed by atoms with Gasteiger partial charge in [0.1, 0.15) is 0 Å². The molecule has 1 aromatic rings. The third-order valence-corrected chi connectivity index (χ3v) is 4.49. The maximum atomic E-state index is 11.7. The Morgan fingerprint density at radius 1 is 1.26 bits per heavy atom. The highest BCUT2D eigenvalue weighted by Gasteiger charge is 2.36. The lowest BCUT2D eigenvalue weighted by molar-refractivity contribution is -0.131. The zero-order chi connectivity index (χ0) is 13.4. The lowest BCUT2D eigenvalue weighted by Crippen LogP contribution is -2.51. The maximum absolute atomic E-state index is 11.7. The number of carbonyl (C=O) groups excluding carboxylic acids is 1. The number of fused-ring (bicyclic) bond motifs is 1. The molecule has 2 N–H and O–H groups in total. The van der Waals surface area contributed by atoms with Crippen LogP contribution < -0.4 is 5.73 Å². The minimum atomic E-state index is 0.338. The second-order valence-electron chi connectivity index (χ2n) is 5.62. The van der Waals surface area contributed by atoms with E-state index in [1.165, 1.54) is 5.56 Å². The molecule has 0 spiro atoms. The minimum Gasteiger partial charge on any atom is -0.399 e. The van der Waals surface area contributed by atoms with Crippen LogP contribution in [0.25, 0.3) is 0 Å². The molecule has 2 aliphatic heterocycles. The number of nitrogens with zero attached hydrogens (tertiary/aromatic N) is 2. The van der Waals surface area contributed by atoms with E-state index in [2.05, 4.69) is 28.9 Å². The normalized spacial score (nSPS) is 25.4. The molecule has 0 saturated carbocycles. The summed E-state index contributed by atoms with van der Waals surface area (Å²) in [6.07, 6.45) is 1.75. The molecule has 2 fully saturated rings. The summed E-state index contributed by atoms with van der Waals surface area (Å²) in [5.41, 5.74) is 7.84. The van der Waals surface area contributed by atoms with Gasteiger partial charge in [-0.25, -0.2) is 0 Å². The van der Waals surface area contributed by atoms with E-state index in [1.54, 1.807) is 0 Å². The van der Waals surface area contributed by atoms with Gasteiger partial charge in [-0.3, -0.25) is 9.69 Å². The second-order valence-corrected chi connectivity index (χ2v) is 5.62. The molecule has 19 heavy (non-hydrogen) atoms. The number of amides is 1. The van der Waals surface area contributed by atoms with Crippen molar-refractivity contribution in [1.82, 2.24) is 9.80 Å². The van der Waals surface area contributed by atoms with Gasteiger partial charge in [0.25, 0.3) is 0 Å². The number of nitrogen functional groups attached to an aromatic ring is 1. The lowest BCUT2D eigenvalue weighted by atomic mass is 10.0. The molecule has 1 aromatic carbocycles. The van der Waals surface area contributed by atoms with Gasteiger partial charge < -0.3 is 10.6 Å². The molecule has 0 aliphatic carbocycles. The highest BCUT2D eigenvalue weighted by atomic mass is 16.2. The van der Waals surface area contributed by atoms with Crippen molar-refractivity contribution in [2.24, 2.45) is 0 Å². The van der Waals surface area contributed by atoms with Crippen molar-refractivity contribution in [3.8, 4) is 0 Å². The predicted molar refractivity (Wildman–Crippen MR) is 75.6 cm³/mol. The van der Waals surface area contributed by atoms with Crippen molar-refractivity contribution in [3.63, 3.8) is 0 Å². The van der Waals surface area contributed by atoms with Gasteiger partial charge in [0.2, 0.25) is 5.91 Å². The summed E-state index contributed by atoms with van der Waals surface area (Å²) in [6, 6.07) is 8.94. The van der Waals surface area contributed by atoms with E-state index in [1.807, 2.05) is 12.1 Å². The number of rotatable bonds is 2. The molecule has 2 atom stereocenters. The predicted octanol–water partition coefficient (Wildman–Crippen LogP) is 1.64. The van der Waals surface area contributed by atoms with E-state index in [-0.39, 0.29) is 0 Å². The van der Waals surface area contributed by atoms with Crippen molar-refractivity contribution < 1.29 is 4.79 Å².